The van der Waals surface area contributed by atoms with E-state index in [0.717, 1.165) is 34.4 Å². The number of nitrogens with one attached hydrogen (secondary N) is 13. The molecule has 1 saturated heterocycles. The van der Waals surface area contributed by atoms with Gasteiger partial charge in [0, 0.05) is 50.4 Å². The molecule has 0 radical (unpaired) electrons. The van der Waals surface area contributed by atoms with Crippen molar-refractivity contribution in [3.05, 3.63) is 35.9 Å². The van der Waals surface area contributed by atoms with Gasteiger partial charge >= 0.3 is 12.0 Å². The quantitative estimate of drug-likeness (QED) is 0.00817. The minimum absolute atomic E-state index is 0.00487. The number of primary amides is 1. The molecule has 35 nitrogen and oxygen atoms in total. The number of carbonyl (C=O) groups is 13. The van der Waals surface area contributed by atoms with Crippen LogP contribution in [0.4, 0.5) is 4.79 Å². The van der Waals surface area contributed by atoms with Crippen LogP contribution < -0.4 is 86.3 Å². The molecule has 0 spiro atoms. The Kier molecular flexibility index (Phi) is 40.9. The molecule has 554 valence electrons. The highest BCUT2D eigenvalue weighted by molar-refractivity contribution is 8.76. The van der Waals surface area contributed by atoms with Crippen LogP contribution in [-0.2, 0) is 64.0 Å². The lowest BCUT2D eigenvalue weighted by Crippen LogP contribution is -2.59. The Morgan fingerprint density at radius 1 is 0.677 bits per heavy atom. The Labute approximate surface area is 588 Å². The number of guanidine groups is 1. The highest BCUT2D eigenvalue weighted by Gasteiger charge is 2.35. The molecular formula is C61H101N19O16S3. The van der Waals surface area contributed by atoms with Crippen LogP contribution in [0.2, 0.25) is 0 Å². The first-order valence-electron chi connectivity index (χ1n) is 32.2. The number of hydrogen-bond donors (Lipinski definition) is 19. The summed E-state index contributed by atoms with van der Waals surface area (Å²) < 4.78 is 0. The van der Waals surface area contributed by atoms with Crippen molar-refractivity contribution < 1.29 is 77.9 Å². The minimum atomic E-state index is -1.85. The van der Waals surface area contributed by atoms with Gasteiger partial charge in [-0.15, -0.1) is 0 Å². The van der Waals surface area contributed by atoms with Crippen molar-refractivity contribution in [2.45, 2.75) is 172 Å². The number of unbranched alkanes of at least 4 members (excludes halogenated alkanes) is 1. The van der Waals surface area contributed by atoms with E-state index in [1.54, 1.807) is 50.4 Å². The third kappa shape index (κ3) is 36.8. The average molecular weight is 1450 g/mol. The number of rotatable bonds is 40. The van der Waals surface area contributed by atoms with E-state index in [4.69, 9.17) is 17.2 Å². The van der Waals surface area contributed by atoms with Crippen molar-refractivity contribution in [1.82, 2.24) is 69.1 Å². The largest absolute Gasteiger partial charge is 0.481 e. The molecule has 1 aliphatic heterocycles. The standard InChI is InChI=1S/C61H101N19O16S3/c1-36(79-95)60(3,4)70-27-22-38(23-28-71-61(5,6)37(2)80-96)21-26-66-48(83)20-13-19-47(82)65-24-12-11-17-41(72-50(85)35-97-7)53(89)76-44-33-98-99-34-45(57(93)75-42(29-39-15-9-8-10-16-39)55(91)78-59(94)69-31-46(62)81)77-54(90)43(30-51(86)87)73-49(84)32-68-52(88)40(74-56(44)92)18-14-25-67-58(63)64/h8-10,15-16,38,40-45,70-71,95-96H,11-14,17-35H2,1-7H3,(H2,62,81)(H,65,82)(H,66,83)(H,68,88)(H,72,85)(H,73,84)(H,74,92)(H,75,93)(H,76,89)(H,77,90)(H,86,87)(H4,63,64,67)(H2,69,78,91,94)/b79-36-,80-37-/t40-,41-,42-,43-,44-,45-/m0/s1. The Bertz CT molecular complexity index is 2920. The summed E-state index contributed by atoms with van der Waals surface area (Å²) in [6.45, 7) is 11.4. The molecule has 6 atom stereocenters. The molecule has 0 saturated carbocycles. The Morgan fingerprint density at radius 2 is 1.28 bits per heavy atom. The summed E-state index contributed by atoms with van der Waals surface area (Å²) in [5.41, 5.74) is 16.6. The second-order valence-electron chi connectivity index (χ2n) is 24.3. The van der Waals surface area contributed by atoms with Gasteiger partial charge in [0.15, 0.2) is 5.96 Å². The summed E-state index contributed by atoms with van der Waals surface area (Å²) in [4.78, 5) is 177. The van der Waals surface area contributed by atoms with E-state index >= 15 is 0 Å². The molecule has 38 heteroatoms. The molecule has 0 aromatic heterocycles. The highest BCUT2D eigenvalue weighted by atomic mass is 33.1. The van der Waals surface area contributed by atoms with Crippen molar-refractivity contribution in [3.63, 3.8) is 0 Å². The van der Waals surface area contributed by atoms with E-state index in [1.807, 2.05) is 33.0 Å². The number of urea groups is 1. The first kappa shape index (κ1) is 86.6. The first-order chi connectivity index (χ1) is 46.8. The zero-order chi connectivity index (χ0) is 74.1. The maximum absolute atomic E-state index is 14.4. The fourth-order valence-corrected chi connectivity index (χ4v) is 12.0. The fourth-order valence-electron chi connectivity index (χ4n) is 9.30. The van der Waals surface area contributed by atoms with Crippen LogP contribution >= 0.6 is 33.3 Å². The highest BCUT2D eigenvalue weighted by Crippen LogP contribution is 2.24. The molecule has 0 bridgehead atoms. The van der Waals surface area contributed by atoms with Gasteiger partial charge in [-0.2, -0.15) is 11.8 Å². The summed E-state index contributed by atoms with van der Waals surface area (Å²) in [6.07, 6.45) is 3.57. The number of oxime groups is 2. The van der Waals surface area contributed by atoms with Crippen molar-refractivity contribution in [2.24, 2.45) is 38.4 Å². The lowest BCUT2D eigenvalue weighted by atomic mass is 9.94. The van der Waals surface area contributed by atoms with Gasteiger partial charge in [0.25, 0.3) is 5.91 Å². The second kappa shape index (κ2) is 46.7. The molecule has 1 heterocycles. The summed E-state index contributed by atoms with van der Waals surface area (Å²) in [5.74, 6) is -11.5. The number of aliphatic carboxylic acids is 1. The molecule has 99 heavy (non-hydrogen) atoms. The molecule has 2 rings (SSSR count). The van der Waals surface area contributed by atoms with Gasteiger partial charge in [0.1, 0.15) is 36.3 Å². The third-order valence-corrected chi connectivity index (χ3v) is 18.6. The number of carboxylic acids is 1. The van der Waals surface area contributed by atoms with Crippen LogP contribution in [-0.4, -0.2) is 227 Å². The molecule has 1 fully saturated rings. The van der Waals surface area contributed by atoms with E-state index in [2.05, 4.69) is 79.1 Å². The topological polar surface area (TPSA) is 554 Å². The van der Waals surface area contributed by atoms with Gasteiger partial charge in [-0.25, -0.2) is 4.79 Å². The summed E-state index contributed by atoms with van der Waals surface area (Å²) in [5, 5.41) is 69.2. The van der Waals surface area contributed by atoms with Crippen LogP contribution in [0.25, 0.3) is 0 Å². The number of aliphatic imine (C=N–C) groups is 1. The van der Waals surface area contributed by atoms with Crippen LogP contribution in [0.3, 0.4) is 0 Å². The van der Waals surface area contributed by atoms with E-state index in [-0.39, 0.29) is 99.7 Å². The first-order valence-corrected chi connectivity index (χ1v) is 36.1. The number of nitrogens with two attached hydrogens (primary N) is 3. The number of benzene rings is 1. The number of carboxylic acid groups (broad SMARTS) is 1. The summed E-state index contributed by atoms with van der Waals surface area (Å²) in [6, 6.07) is -2.19. The third-order valence-electron chi connectivity index (χ3n) is 15.6. The van der Waals surface area contributed by atoms with Crippen molar-refractivity contribution in [2.75, 3.05) is 69.3 Å². The van der Waals surface area contributed by atoms with Crippen LogP contribution in [0.1, 0.15) is 124 Å². The number of imide groups is 1. The number of hydrogen-bond acceptors (Lipinski definition) is 23. The smallest absolute Gasteiger partial charge is 0.321 e. The van der Waals surface area contributed by atoms with E-state index in [1.165, 1.54) is 11.8 Å². The molecule has 0 unspecified atom stereocenters. The van der Waals surface area contributed by atoms with E-state index in [9.17, 15) is 77.9 Å². The Morgan fingerprint density at radius 3 is 1.87 bits per heavy atom. The molecule has 1 aliphatic rings. The maximum Gasteiger partial charge on any atom is 0.321 e. The van der Waals surface area contributed by atoms with Gasteiger partial charge in [-0.3, -0.25) is 67.8 Å². The van der Waals surface area contributed by atoms with Gasteiger partial charge < -0.3 is 96.5 Å². The Balaban J connectivity index is 2.33. The Hall–Kier alpha value is -8.49. The number of amides is 13. The number of nitrogens with zero attached hydrogens (tertiary/aromatic N) is 3. The lowest BCUT2D eigenvalue weighted by molar-refractivity contribution is -0.141. The van der Waals surface area contributed by atoms with E-state index < -0.39 is 138 Å². The average Bonchev–Trinajstić information content (AvgIpc) is 1.27. The number of carbonyl (C=O) groups excluding carboxylic acids is 12. The summed E-state index contributed by atoms with van der Waals surface area (Å²) in [7, 11) is 1.75. The molecule has 0 aliphatic carbocycles. The second-order valence-corrected chi connectivity index (χ2v) is 27.8. The van der Waals surface area contributed by atoms with Crippen LogP contribution in [0.15, 0.2) is 45.6 Å². The van der Waals surface area contributed by atoms with E-state index in [0.29, 0.717) is 49.5 Å². The van der Waals surface area contributed by atoms with Gasteiger partial charge in [0.2, 0.25) is 59.1 Å². The summed E-state index contributed by atoms with van der Waals surface area (Å²) >= 11 is 1.18. The van der Waals surface area contributed by atoms with Gasteiger partial charge in [-0.05, 0) is 130 Å². The predicted octanol–water partition coefficient (Wildman–Crippen LogP) is -2.35. The SMILES string of the molecule is CSCC(=O)N[C@@H](CCCCNC(=O)CCCC(=O)NCCC(CCNC(C)(C)/C(C)=N\O)CCNC(C)(C)/C(C)=N\O)C(=O)N[C@H]1CSSC[C@@H](C(=O)N[C@@H](Cc2ccccc2)C(=O)NC(=O)NCC(N)=O)NC(=O)[C@H](CC(=O)O)NC(=O)CNC(=O)[C@H](CCCN=C(N)N)NC1=O. The van der Waals surface area contributed by atoms with Crippen LogP contribution in [0, 0.1) is 5.92 Å². The van der Waals surface area contributed by atoms with Gasteiger partial charge in [-0.1, -0.05) is 62.2 Å². The van der Waals surface area contributed by atoms with Crippen molar-refractivity contribution in [1.29, 1.82) is 0 Å². The molecule has 1 aromatic rings. The molecule has 1 aromatic carbocycles. The predicted molar refractivity (Wildman–Crippen MR) is 376 cm³/mol. The lowest BCUT2D eigenvalue weighted by Gasteiger charge is -2.28. The number of thioether (sulfide) groups is 1. The van der Waals surface area contributed by atoms with Gasteiger partial charge in [0.05, 0.1) is 47.8 Å². The van der Waals surface area contributed by atoms with Crippen LogP contribution in [0.5, 0.6) is 0 Å². The molecule has 22 N–H and O–H groups in total. The fraction of sp³-hybridized carbons (Fsp3) is 0.639. The minimum Gasteiger partial charge on any atom is -0.481 e. The zero-order valence-corrected chi connectivity index (χ0v) is 59.6. The maximum atomic E-state index is 14.4. The zero-order valence-electron chi connectivity index (χ0n) is 57.1. The monoisotopic (exact) mass is 1450 g/mol. The molecular weight excluding hydrogens is 1350 g/mol. The van der Waals surface area contributed by atoms with Crippen molar-refractivity contribution >= 4 is 128 Å². The van der Waals surface area contributed by atoms with Crippen molar-refractivity contribution in [3.8, 4) is 0 Å². The normalized spacial score (nSPS) is 17.5. The molecule has 13 amide bonds.